The van der Waals surface area contributed by atoms with E-state index in [4.69, 9.17) is 9.84 Å². The quantitative estimate of drug-likeness (QED) is 0.767. The summed E-state index contributed by atoms with van der Waals surface area (Å²) in [5.74, 6) is 0.612. The van der Waals surface area contributed by atoms with E-state index < -0.39 is 0 Å². The van der Waals surface area contributed by atoms with Gasteiger partial charge >= 0.3 is 0 Å². The largest absolute Gasteiger partial charge is 0.504 e. The second kappa shape index (κ2) is 5.85. The first-order valence-corrected chi connectivity index (χ1v) is 6.79. The molecule has 3 rings (SSSR count). The Morgan fingerprint density at radius 1 is 0.810 bits per heavy atom. The highest BCUT2D eigenvalue weighted by Gasteiger charge is 2.05. The van der Waals surface area contributed by atoms with Gasteiger partial charge in [-0.05, 0) is 34.0 Å². The maximum atomic E-state index is 10.0. The number of aliphatic hydroxyl groups excluding tert-OH is 1. The summed E-state index contributed by atoms with van der Waals surface area (Å²) >= 11 is 0. The van der Waals surface area contributed by atoms with Crippen LogP contribution in [-0.2, 0) is 13.2 Å². The first-order chi connectivity index (χ1) is 10.3. The van der Waals surface area contributed by atoms with Gasteiger partial charge in [0.1, 0.15) is 6.61 Å². The lowest BCUT2D eigenvalue weighted by atomic mass is 10.1. The van der Waals surface area contributed by atoms with E-state index in [2.05, 4.69) is 0 Å². The molecule has 0 saturated heterocycles. The minimum Gasteiger partial charge on any atom is -0.504 e. The number of benzene rings is 3. The summed E-state index contributed by atoms with van der Waals surface area (Å²) in [4.78, 5) is 0. The Morgan fingerprint density at radius 2 is 1.43 bits per heavy atom. The van der Waals surface area contributed by atoms with Gasteiger partial charge in [-0.3, -0.25) is 0 Å². The Balaban J connectivity index is 1.79. The highest BCUT2D eigenvalue weighted by Crippen LogP contribution is 2.31. The minimum absolute atomic E-state index is 0.0343. The molecule has 3 aromatic carbocycles. The maximum absolute atomic E-state index is 10.0. The van der Waals surface area contributed by atoms with Gasteiger partial charge in [-0.2, -0.15) is 0 Å². The highest BCUT2D eigenvalue weighted by atomic mass is 16.5. The van der Waals surface area contributed by atoms with E-state index in [1.54, 1.807) is 6.07 Å². The molecule has 0 fully saturated rings. The van der Waals surface area contributed by atoms with Gasteiger partial charge in [-0.1, -0.05) is 48.5 Å². The molecule has 2 N–H and O–H groups in total. The molecule has 0 spiro atoms. The van der Waals surface area contributed by atoms with Crippen LogP contribution in [0.2, 0.25) is 0 Å². The number of fused-ring (bicyclic) bond motifs is 1. The molecule has 0 atom stereocenters. The van der Waals surface area contributed by atoms with Crippen LogP contribution in [0.1, 0.15) is 11.1 Å². The van der Waals surface area contributed by atoms with Gasteiger partial charge in [-0.15, -0.1) is 0 Å². The summed E-state index contributed by atoms with van der Waals surface area (Å²) in [6.07, 6.45) is 0. The third kappa shape index (κ3) is 2.98. The molecule has 0 bridgehead atoms. The zero-order valence-corrected chi connectivity index (χ0v) is 11.5. The summed E-state index contributed by atoms with van der Waals surface area (Å²) in [6, 6.07) is 18.9. The van der Waals surface area contributed by atoms with Gasteiger partial charge in [0.15, 0.2) is 11.5 Å². The van der Waals surface area contributed by atoms with Gasteiger partial charge in [0.25, 0.3) is 0 Å². The van der Waals surface area contributed by atoms with Crippen molar-refractivity contribution >= 4 is 10.8 Å². The molecule has 106 valence electrons. The van der Waals surface area contributed by atoms with Gasteiger partial charge in [0.2, 0.25) is 0 Å². The van der Waals surface area contributed by atoms with Crippen LogP contribution >= 0.6 is 0 Å². The molecule has 0 aliphatic rings. The summed E-state index contributed by atoms with van der Waals surface area (Å²) < 4.78 is 5.69. The van der Waals surface area contributed by atoms with Gasteiger partial charge in [0.05, 0.1) is 6.61 Å². The number of aromatic hydroxyl groups is 1. The SMILES string of the molecule is OCc1ccc(COc2cc3ccccc3cc2O)cc1. The van der Waals surface area contributed by atoms with Crippen LogP contribution in [0.3, 0.4) is 0 Å². The molecule has 3 nitrogen and oxygen atoms in total. The fourth-order valence-electron chi connectivity index (χ4n) is 2.22. The van der Waals surface area contributed by atoms with Crippen LogP contribution < -0.4 is 4.74 Å². The van der Waals surface area contributed by atoms with Gasteiger partial charge in [-0.25, -0.2) is 0 Å². The number of hydrogen-bond acceptors (Lipinski definition) is 3. The summed E-state index contributed by atoms with van der Waals surface area (Å²) in [5, 5.41) is 21.0. The van der Waals surface area contributed by atoms with Crippen LogP contribution in [0.25, 0.3) is 10.8 Å². The molecule has 3 heteroatoms. The van der Waals surface area contributed by atoms with Crippen molar-refractivity contribution in [2.45, 2.75) is 13.2 Å². The van der Waals surface area contributed by atoms with Crippen molar-refractivity contribution in [3.8, 4) is 11.5 Å². The standard InChI is InChI=1S/C18H16O3/c19-11-13-5-7-14(8-6-13)12-21-18-10-16-4-2-1-3-15(16)9-17(18)20/h1-10,19-20H,11-12H2. The smallest absolute Gasteiger partial charge is 0.162 e. The number of aliphatic hydroxyl groups is 1. The predicted octanol–water partition coefficient (Wildman–Crippen LogP) is 3.62. The van der Waals surface area contributed by atoms with Crippen LogP contribution in [0.5, 0.6) is 11.5 Å². The van der Waals surface area contributed by atoms with Crippen molar-refractivity contribution in [1.29, 1.82) is 0 Å². The zero-order chi connectivity index (χ0) is 14.7. The Hall–Kier alpha value is -2.52. The van der Waals surface area contributed by atoms with Crippen LogP contribution in [0.4, 0.5) is 0 Å². The Labute approximate surface area is 123 Å². The monoisotopic (exact) mass is 280 g/mol. The minimum atomic E-state index is 0.0343. The van der Waals surface area contributed by atoms with E-state index in [-0.39, 0.29) is 12.4 Å². The normalized spacial score (nSPS) is 10.7. The van der Waals surface area contributed by atoms with E-state index in [0.29, 0.717) is 12.4 Å². The molecular formula is C18H16O3. The Bertz CT molecular complexity index is 748. The van der Waals surface area contributed by atoms with Crippen LogP contribution in [-0.4, -0.2) is 10.2 Å². The zero-order valence-electron chi connectivity index (χ0n) is 11.5. The number of rotatable bonds is 4. The predicted molar refractivity (Wildman–Crippen MR) is 82.3 cm³/mol. The molecule has 0 aliphatic carbocycles. The molecule has 0 saturated carbocycles. The molecule has 3 aromatic rings. The lowest BCUT2D eigenvalue weighted by Crippen LogP contribution is -1.96. The topological polar surface area (TPSA) is 49.7 Å². The summed E-state index contributed by atoms with van der Waals surface area (Å²) in [5.41, 5.74) is 1.85. The fraction of sp³-hybridized carbons (Fsp3) is 0.111. The third-order valence-corrected chi connectivity index (χ3v) is 3.43. The van der Waals surface area contributed by atoms with Crippen LogP contribution in [0, 0.1) is 0 Å². The lowest BCUT2D eigenvalue weighted by Gasteiger charge is -2.10. The van der Waals surface area contributed by atoms with Crippen molar-refractivity contribution in [1.82, 2.24) is 0 Å². The summed E-state index contributed by atoms with van der Waals surface area (Å²) in [6.45, 7) is 0.407. The first-order valence-electron chi connectivity index (χ1n) is 6.79. The first kappa shape index (κ1) is 13.5. The molecule has 21 heavy (non-hydrogen) atoms. The molecule has 0 aromatic heterocycles. The molecule has 0 aliphatic heterocycles. The van der Waals surface area contributed by atoms with E-state index in [1.165, 1.54) is 0 Å². The third-order valence-electron chi connectivity index (χ3n) is 3.43. The van der Waals surface area contributed by atoms with E-state index in [1.807, 2.05) is 54.6 Å². The molecule has 0 radical (unpaired) electrons. The average molecular weight is 280 g/mol. The van der Waals surface area contributed by atoms with E-state index >= 15 is 0 Å². The number of hydrogen-bond donors (Lipinski definition) is 2. The Morgan fingerprint density at radius 3 is 2.10 bits per heavy atom. The highest BCUT2D eigenvalue weighted by molar-refractivity contribution is 5.85. The van der Waals surface area contributed by atoms with Gasteiger partial charge < -0.3 is 14.9 Å². The molecule has 0 heterocycles. The maximum Gasteiger partial charge on any atom is 0.162 e. The second-order valence-electron chi connectivity index (χ2n) is 4.93. The molecule has 0 amide bonds. The number of phenolic OH excluding ortho intramolecular Hbond substituents is 1. The summed E-state index contributed by atoms with van der Waals surface area (Å²) in [7, 11) is 0. The van der Waals surface area contributed by atoms with E-state index in [9.17, 15) is 5.11 Å². The number of ether oxygens (including phenoxy) is 1. The van der Waals surface area contributed by atoms with Crippen molar-refractivity contribution in [3.05, 3.63) is 71.8 Å². The van der Waals surface area contributed by atoms with Crippen molar-refractivity contribution < 1.29 is 14.9 Å². The number of phenols is 1. The van der Waals surface area contributed by atoms with Crippen molar-refractivity contribution in [2.75, 3.05) is 0 Å². The van der Waals surface area contributed by atoms with Crippen LogP contribution in [0.15, 0.2) is 60.7 Å². The van der Waals surface area contributed by atoms with Crippen molar-refractivity contribution in [2.24, 2.45) is 0 Å². The average Bonchev–Trinajstić information content (AvgIpc) is 2.53. The Kier molecular flexibility index (Phi) is 3.75. The lowest BCUT2D eigenvalue weighted by molar-refractivity contribution is 0.280. The molecular weight excluding hydrogens is 264 g/mol. The van der Waals surface area contributed by atoms with E-state index in [0.717, 1.165) is 21.9 Å². The second-order valence-corrected chi connectivity index (χ2v) is 4.93. The van der Waals surface area contributed by atoms with Gasteiger partial charge in [0, 0.05) is 0 Å². The fourth-order valence-corrected chi connectivity index (χ4v) is 2.22. The molecule has 0 unspecified atom stereocenters. The van der Waals surface area contributed by atoms with Crippen molar-refractivity contribution in [3.63, 3.8) is 0 Å².